The van der Waals surface area contributed by atoms with Crippen LogP contribution in [0.1, 0.15) is 28.4 Å². The van der Waals surface area contributed by atoms with Gasteiger partial charge in [0.05, 0.1) is 13.0 Å². The summed E-state index contributed by atoms with van der Waals surface area (Å²) < 4.78 is 16.5. The smallest absolute Gasteiger partial charge is 0.229 e. The molecule has 0 aliphatic carbocycles. The number of rotatable bonds is 4. The van der Waals surface area contributed by atoms with Crippen molar-refractivity contribution in [2.45, 2.75) is 43.2 Å². The molecule has 1 saturated heterocycles. The summed E-state index contributed by atoms with van der Waals surface area (Å²) in [5, 5.41) is 60.2. The first-order valence-electron chi connectivity index (χ1n) is 9.62. The van der Waals surface area contributed by atoms with Crippen molar-refractivity contribution in [1.82, 2.24) is 0 Å². The van der Waals surface area contributed by atoms with Crippen molar-refractivity contribution in [2.24, 2.45) is 0 Å². The van der Waals surface area contributed by atoms with Crippen LogP contribution in [0.3, 0.4) is 0 Å². The van der Waals surface area contributed by atoms with Crippen LogP contribution in [0.2, 0.25) is 0 Å². The lowest BCUT2D eigenvalue weighted by Gasteiger charge is -2.39. The molecule has 6 unspecified atom stereocenters. The first kappa shape index (κ1) is 21.3. The highest BCUT2D eigenvalue weighted by atomic mass is 16.7. The number of hydrogen-bond donors (Lipinski definition) is 6. The number of ketones is 1. The predicted octanol–water partition coefficient (Wildman–Crippen LogP) is -0.0170. The molecule has 10 heteroatoms. The maximum Gasteiger partial charge on any atom is 0.229 e. The van der Waals surface area contributed by atoms with Crippen molar-refractivity contribution in [3.8, 4) is 23.0 Å². The van der Waals surface area contributed by atoms with E-state index in [4.69, 9.17) is 14.2 Å². The van der Waals surface area contributed by atoms with Gasteiger partial charge in [-0.3, -0.25) is 4.79 Å². The molecule has 10 nitrogen and oxygen atoms in total. The standard InChI is InChI=1S/C21H22O10/c22-8-14-16(25)18(27)19(28)21(31-14)30-13-7-11(24)15-10(23)6-12(29-20(15)17(13)26)9-4-2-1-3-5-9/h1-5,7,12,14,16,18-19,21-22,24-28H,6,8H2. The van der Waals surface area contributed by atoms with Crippen LogP contribution in [-0.2, 0) is 4.74 Å². The molecule has 4 rings (SSSR count). The normalized spacial score (nSPS) is 30.4. The Kier molecular flexibility index (Phi) is 5.73. The fourth-order valence-corrected chi connectivity index (χ4v) is 3.68. The van der Waals surface area contributed by atoms with Crippen molar-refractivity contribution >= 4 is 5.78 Å². The second kappa shape index (κ2) is 8.33. The lowest BCUT2D eigenvalue weighted by Crippen LogP contribution is -2.60. The van der Waals surface area contributed by atoms with Crippen molar-refractivity contribution < 1.29 is 49.6 Å². The van der Waals surface area contributed by atoms with Gasteiger partial charge in [-0.1, -0.05) is 30.3 Å². The number of Topliss-reactive ketones (excluding diaryl/α,β-unsaturated/α-hetero) is 1. The van der Waals surface area contributed by atoms with Gasteiger partial charge in [0.25, 0.3) is 0 Å². The molecule has 0 bridgehead atoms. The number of hydrogen-bond acceptors (Lipinski definition) is 10. The number of ether oxygens (including phenoxy) is 3. The van der Waals surface area contributed by atoms with Gasteiger partial charge < -0.3 is 44.8 Å². The highest BCUT2D eigenvalue weighted by Crippen LogP contribution is 2.50. The number of aliphatic hydroxyl groups is 4. The monoisotopic (exact) mass is 434 g/mol. The van der Waals surface area contributed by atoms with Gasteiger partial charge in [0.1, 0.15) is 41.8 Å². The summed E-state index contributed by atoms with van der Waals surface area (Å²) in [7, 11) is 0. The summed E-state index contributed by atoms with van der Waals surface area (Å²) in [4.78, 5) is 12.6. The number of carbonyl (C=O) groups excluding carboxylic acids is 1. The molecular formula is C21H22O10. The molecule has 1 fully saturated rings. The summed E-state index contributed by atoms with van der Waals surface area (Å²) in [5.41, 5.74) is 0.492. The van der Waals surface area contributed by atoms with Crippen LogP contribution in [0.4, 0.5) is 0 Å². The Hall–Kier alpha value is -2.89. The zero-order valence-electron chi connectivity index (χ0n) is 16.2. The number of carbonyl (C=O) groups is 1. The largest absolute Gasteiger partial charge is 0.507 e. The third kappa shape index (κ3) is 3.80. The molecule has 0 radical (unpaired) electrons. The van der Waals surface area contributed by atoms with E-state index in [0.717, 1.165) is 6.07 Å². The first-order valence-corrected chi connectivity index (χ1v) is 9.62. The Morgan fingerprint density at radius 1 is 1.03 bits per heavy atom. The molecule has 6 atom stereocenters. The Balaban J connectivity index is 1.66. The predicted molar refractivity (Wildman–Crippen MR) is 103 cm³/mol. The molecule has 0 aromatic heterocycles. The average Bonchev–Trinajstić information content (AvgIpc) is 2.77. The summed E-state index contributed by atoms with van der Waals surface area (Å²) in [6, 6.07) is 9.82. The molecular weight excluding hydrogens is 412 g/mol. The number of fused-ring (bicyclic) bond motifs is 1. The lowest BCUT2D eigenvalue weighted by molar-refractivity contribution is -0.277. The third-order valence-corrected chi connectivity index (χ3v) is 5.37. The molecule has 31 heavy (non-hydrogen) atoms. The summed E-state index contributed by atoms with van der Waals surface area (Å²) in [5.74, 6) is -2.24. The van der Waals surface area contributed by atoms with Crippen LogP contribution >= 0.6 is 0 Å². The molecule has 0 amide bonds. The lowest BCUT2D eigenvalue weighted by atomic mass is 9.95. The summed E-state index contributed by atoms with van der Waals surface area (Å²) in [6.07, 6.45) is -8.57. The van der Waals surface area contributed by atoms with E-state index in [1.54, 1.807) is 30.3 Å². The molecule has 2 aromatic carbocycles. The van der Waals surface area contributed by atoms with Crippen molar-refractivity contribution in [1.29, 1.82) is 0 Å². The zero-order chi connectivity index (χ0) is 22.3. The Labute approximate surface area is 176 Å². The number of aromatic hydroxyl groups is 2. The van der Waals surface area contributed by atoms with E-state index in [0.29, 0.717) is 5.56 Å². The highest BCUT2D eigenvalue weighted by molar-refractivity contribution is 6.03. The molecule has 0 spiro atoms. The van der Waals surface area contributed by atoms with Crippen LogP contribution in [-0.4, -0.2) is 73.7 Å². The third-order valence-electron chi connectivity index (χ3n) is 5.37. The molecule has 2 aliphatic rings. The Morgan fingerprint density at radius 3 is 2.42 bits per heavy atom. The molecule has 6 N–H and O–H groups in total. The van der Waals surface area contributed by atoms with Crippen LogP contribution in [0.15, 0.2) is 36.4 Å². The van der Waals surface area contributed by atoms with Gasteiger partial charge in [-0.25, -0.2) is 0 Å². The maximum absolute atomic E-state index is 12.6. The summed E-state index contributed by atoms with van der Waals surface area (Å²) >= 11 is 0. The van der Waals surface area contributed by atoms with Crippen molar-refractivity contribution in [3.05, 3.63) is 47.5 Å². The Bertz CT molecular complexity index is 960. The number of benzene rings is 2. The van der Waals surface area contributed by atoms with E-state index in [1.807, 2.05) is 0 Å². The van der Waals surface area contributed by atoms with Crippen LogP contribution in [0, 0.1) is 0 Å². The van der Waals surface area contributed by atoms with E-state index in [-0.39, 0.29) is 23.5 Å². The van der Waals surface area contributed by atoms with Gasteiger partial charge in [0.2, 0.25) is 12.0 Å². The van der Waals surface area contributed by atoms with Crippen LogP contribution < -0.4 is 9.47 Å². The van der Waals surface area contributed by atoms with Gasteiger partial charge in [-0.2, -0.15) is 0 Å². The Morgan fingerprint density at radius 2 is 1.74 bits per heavy atom. The molecule has 2 aromatic rings. The fourth-order valence-electron chi connectivity index (χ4n) is 3.68. The molecule has 2 heterocycles. The minimum absolute atomic E-state index is 0.0447. The second-order valence-corrected chi connectivity index (χ2v) is 7.41. The van der Waals surface area contributed by atoms with E-state index in [2.05, 4.69) is 0 Å². The van der Waals surface area contributed by atoms with E-state index in [9.17, 15) is 35.4 Å². The quantitative estimate of drug-likeness (QED) is 0.360. The van der Waals surface area contributed by atoms with Gasteiger partial charge in [-0.05, 0) is 5.56 Å². The second-order valence-electron chi connectivity index (χ2n) is 7.41. The van der Waals surface area contributed by atoms with Gasteiger partial charge in [0, 0.05) is 6.07 Å². The molecule has 0 saturated carbocycles. The number of aliphatic hydroxyl groups excluding tert-OH is 4. The SMILES string of the molecule is O=C1CC(c2ccccc2)Oc2c(O)c(OC3OC(CO)C(O)C(O)C3O)cc(O)c21. The maximum atomic E-state index is 12.6. The highest BCUT2D eigenvalue weighted by Gasteiger charge is 2.45. The fraction of sp³-hybridized carbons (Fsp3) is 0.381. The molecule has 166 valence electrons. The number of phenols is 2. The van der Waals surface area contributed by atoms with Gasteiger partial charge in [-0.15, -0.1) is 0 Å². The van der Waals surface area contributed by atoms with Crippen LogP contribution in [0.25, 0.3) is 0 Å². The van der Waals surface area contributed by atoms with Crippen molar-refractivity contribution in [3.63, 3.8) is 0 Å². The minimum atomic E-state index is -1.73. The zero-order valence-corrected chi connectivity index (χ0v) is 16.2. The van der Waals surface area contributed by atoms with E-state index in [1.165, 1.54) is 0 Å². The average molecular weight is 434 g/mol. The summed E-state index contributed by atoms with van der Waals surface area (Å²) in [6.45, 7) is -0.664. The van der Waals surface area contributed by atoms with E-state index < -0.39 is 60.7 Å². The molecule has 2 aliphatic heterocycles. The number of phenolic OH excluding ortho intramolecular Hbond substituents is 2. The van der Waals surface area contributed by atoms with Crippen molar-refractivity contribution in [2.75, 3.05) is 6.61 Å². The topological polar surface area (TPSA) is 166 Å². The minimum Gasteiger partial charge on any atom is -0.507 e. The van der Waals surface area contributed by atoms with Gasteiger partial charge >= 0.3 is 0 Å². The van der Waals surface area contributed by atoms with E-state index >= 15 is 0 Å². The van der Waals surface area contributed by atoms with Gasteiger partial charge in [0.15, 0.2) is 17.3 Å². The first-order chi connectivity index (χ1) is 14.8. The van der Waals surface area contributed by atoms with Crippen LogP contribution in [0.5, 0.6) is 23.0 Å².